The van der Waals surface area contributed by atoms with E-state index in [9.17, 15) is 5.11 Å². The molecule has 1 heterocycles. The molecular formula is C15H27N3O. The molecular weight excluding hydrogens is 238 g/mol. The van der Waals surface area contributed by atoms with Crippen molar-refractivity contribution in [3.8, 4) is 0 Å². The van der Waals surface area contributed by atoms with Crippen LogP contribution in [0.15, 0.2) is 0 Å². The number of hydrogen-bond acceptors (Lipinski definition) is 3. The van der Waals surface area contributed by atoms with Gasteiger partial charge in [0.05, 0.1) is 11.3 Å². The summed E-state index contributed by atoms with van der Waals surface area (Å²) in [5.41, 5.74) is 3.03. The van der Waals surface area contributed by atoms with E-state index < -0.39 is 5.60 Å². The molecule has 1 fully saturated rings. The Morgan fingerprint density at radius 2 is 2.21 bits per heavy atom. The molecule has 0 aromatic carbocycles. The molecule has 0 saturated heterocycles. The second-order valence-electron chi connectivity index (χ2n) is 6.30. The zero-order valence-electron chi connectivity index (χ0n) is 12.7. The quantitative estimate of drug-likeness (QED) is 0.876. The lowest BCUT2D eigenvalue weighted by Gasteiger charge is -2.35. The Hall–Kier alpha value is -0.870. The molecule has 1 saturated carbocycles. The fourth-order valence-electron chi connectivity index (χ4n) is 3.29. The molecule has 2 unspecified atom stereocenters. The fraction of sp³-hybridized carbons (Fsp3) is 0.800. The van der Waals surface area contributed by atoms with E-state index in [0.717, 1.165) is 31.5 Å². The lowest BCUT2D eigenvalue weighted by Crippen LogP contribution is -2.43. The molecule has 1 aromatic heterocycles. The van der Waals surface area contributed by atoms with E-state index in [2.05, 4.69) is 24.3 Å². The maximum Gasteiger partial charge on any atom is 0.0774 e. The van der Waals surface area contributed by atoms with Crippen LogP contribution in [-0.2, 0) is 13.6 Å². The number of nitrogens with zero attached hydrogens (tertiary/aromatic N) is 2. The summed E-state index contributed by atoms with van der Waals surface area (Å²) in [6, 6.07) is 0. The molecule has 1 aliphatic carbocycles. The maximum absolute atomic E-state index is 10.6. The van der Waals surface area contributed by atoms with Gasteiger partial charge < -0.3 is 10.4 Å². The molecule has 0 aliphatic heterocycles. The molecule has 2 N–H and O–H groups in total. The third kappa shape index (κ3) is 3.37. The number of aliphatic hydroxyl groups is 1. The van der Waals surface area contributed by atoms with Gasteiger partial charge in [0.2, 0.25) is 0 Å². The number of aromatic nitrogens is 2. The summed E-state index contributed by atoms with van der Waals surface area (Å²) in [6.45, 7) is 7.85. The van der Waals surface area contributed by atoms with Crippen LogP contribution in [0.4, 0.5) is 0 Å². The van der Waals surface area contributed by atoms with E-state index in [-0.39, 0.29) is 0 Å². The first-order valence-electron chi connectivity index (χ1n) is 7.33. The van der Waals surface area contributed by atoms with Crippen molar-refractivity contribution in [2.75, 3.05) is 6.54 Å². The van der Waals surface area contributed by atoms with Crippen molar-refractivity contribution in [2.45, 2.75) is 58.6 Å². The van der Waals surface area contributed by atoms with Crippen molar-refractivity contribution in [1.29, 1.82) is 0 Å². The molecule has 4 nitrogen and oxygen atoms in total. The zero-order valence-corrected chi connectivity index (χ0v) is 12.7. The van der Waals surface area contributed by atoms with E-state index in [0.29, 0.717) is 12.5 Å². The van der Waals surface area contributed by atoms with E-state index >= 15 is 0 Å². The minimum Gasteiger partial charge on any atom is -0.389 e. The van der Waals surface area contributed by atoms with E-state index in [4.69, 9.17) is 0 Å². The second-order valence-corrected chi connectivity index (χ2v) is 6.30. The molecule has 0 radical (unpaired) electrons. The van der Waals surface area contributed by atoms with Gasteiger partial charge in [0.15, 0.2) is 0 Å². The smallest absolute Gasteiger partial charge is 0.0774 e. The van der Waals surface area contributed by atoms with Gasteiger partial charge in [-0.3, -0.25) is 4.68 Å². The van der Waals surface area contributed by atoms with Crippen molar-refractivity contribution in [3.05, 3.63) is 17.0 Å². The Bertz CT molecular complexity index is 441. The zero-order chi connectivity index (χ0) is 14.0. The molecule has 4 heteroatoms. The topological polar surface area (TPSA) is 50.1 Å². The lowest BCUT2D eigenvalue weighted by molar-refractivity contribution is -0.0119. The molecule has 0 amide bonds. The lowest BCUT2D eigenvalue weighted by atomic mass is 9.79. The van der Waals surface area contributed by atoms with Crippen LogP contribution >= 0.6 is 0 Å². The van der Waals surface area contributed by atoms with Gasteiger partial charge in [-0.15, -0.1) is 0 Å². The van der Waals surface area contributed by atoms with Gasteiger partial charge >= 0.3 is 0 Å². The molecule has 0 spiro atoms. The third-order valence-corrected chi connectivity index (χ3v) is 4.48. The monoisotopic (exact) mass is 265 g/mol. The average Bonchev–Trinajstić information content (AvgIpc) is 2.55. The highest BCUT2D eigenvalue weighted by Crippen LogP contribution is 2.31. The first-order chi connectivity index (χ1) is 8.91. The number of rotatable bonds is 4. The van der Waals surface area contributed by atoms with Gasteiger partial charge in [-0.25, -0.2) is 0 Å². The summed E-state index contributed by atoms with van der Waals surface area (Å²) >= 11 is 0. The molecule has 19 heavy (non-hydrogen) atoms. The van der Waals surface area contributed by atoms with Crippen LogP contribution in [0.3, 0.4) is 0 Å². The SMILES string of the molecule is Cc1nn(C)c(C)c1CNCC1(O)CCCC(C)C1. The molecule has 2 rings (SSSR count). The summed E-state index contributed by atoms with van der Waals surface area (Å²) in [5.74, 6) is 0.641. The van der Waals surface area contributed by atoms with Gasteiger partial charge in [-0.05, 0) is 32.6 Å². The van der Waals surface area contributed by atoms with Gasteiger partial charge in [-0.1, -0.05) is 19.8 Å². The minimum atomic E-state index is -0.512. The maximum atomic E-state index is 10.6. The number of hydrogen-bond donors (Lipinski definition) is 2. The second kappa shape index (κ2) is 5.63. The van der Waals surface area contributed by atoms with Crippen LogP contribution < -0.4 is 5.32 Å². The summed E-state index contributed by atoms with van der Waals surface area (Å²) in [4.78, 5) is 0. The standard InChI is InChI=1S/C15H27N3O/c1-11-6-5-7-15(19,8-11)10-16-9-14-12(2)17-18(4)13(14)3/h11,16,19H,5-10H2,1-4H3. The largest absolute Gasteiger partial charge is 0.389 e. The fourth-order valence-corrected chi connectivity index (χ4v) is 3.29. The minimum absolute atomic E-state index is 0.512. The molecule has 0 bridgehead atoms. The molecule has 2 atom stereocenters. The first-order valence-corrected chi connectivity index (χ1v) is 7.33. The van der Waals surface area contributed by atoms with Gasteiger partial charge in [0.1, 0.15) is 0 Å². The van der Waals surface area contributed by atoms with Crippen LogP contribution in [0.1, 0.15) is 49.6 Å². The Morgan fingerprint density at radius 1 is 1.47 bits per heavy atom. The van der Waals surface area contributed by atoms with E-state index in [1.807, 2.05) is 18.7 Å². The van der Waals surface area contributed by atoms with Crippen LogP contribution in [0.5, 0.6) is 0 Å². The van der Waals surface area contributed by atoms with Crippen LogP contribution in [-0.4, -0.2) is 27.0 Å². The summed E-state index contributed by atoms with van der Waals surface area (Å²) in [5, 5.41) is 18.4. The van der Waals surface area contributed by atoms with Gasteiger partial charge in [0.25, 0.3) is 0 Å². The van der Waals surface area contributed by atoms with Crippen LogP contribution in [0, 0.1) is 19.8 Å². The predicted molar refractivity (Wildman–Crippen MR) is 77.0 cm³/mol. The number of nitrogens with one attached hydrogen (secondary N) is 1. The highest BCUT2D eigenvalue weighted by atomic mass is 16.3. The highest BCUT2D eigenvalue weighted by molar-refractivity contribution is 5.24. The van der Waals surface area contributed by atoms with E-state index in [1.165, 1.54) is 17.7 Å². The van der Waals surface area contributed by atoms with Gasteiger partial charge in [0, 0.05) is 31.4 Å². The predicted octanol–water partition coefficient (Wildman–Crippen LogP) is 2.07. The van der Waals surface area contributed by atoms with Crippen molar-refractivity contribution < 1.29 is 5.11 Å². The highest BCUT2D eigenvalue weighted by Gasteiger charge is 2.32. The Labute approximate surface area is 116 Å². The van der Waals surface area contributed by atoms with Crippen LogP contribution in [0.2, 0.25) is 0 Å². The number of aryl methyl sites for hydroxylation is 2. The van der Waals surface area contributed by atoms with Crippen molar-refractivity contribution in [1.82, 2.24) is 15.1 Å². The molecule has 108 valence electrons. The Kier molecular flexibility index (Phi) is 4.31. The van der Waals surface area contributed by atoms with Gasteiger partial charge in [-0.2, -0.15) is 5.10 Å². The summed E-state index contributed by atoms with van der Waals surface area (Å²) in [6.07, 6.45) is 4.24. The van der Waals surface area contributed by atoms with Crippen molar-refractivity contribution in [3.63, 3.8) is 0 Å². The Balaban J connectivity index is 1.89. The molecule has 1 aromatic rings. The van der Waals surface area contributed by atoms with Crippen molar-refractivity contribution in [2.24, 2.45) is 13.0 Å². The van der Waals surface area contributed by atoms with E-state index in [1.54, 1.807) is 0 Å². The van der Waals surface area contributed by atoms with Crippen LogP contribution in [0.25, 0.3) is 0 Å². The summed E-state index contributed by atoms with van der Waals surface area (Å²) in [7, 11) is 1.97. The first kappa shape index (κ1) is 14.5. The normalized spacial score (nSPS) is 27.7. The molecule has 1 aliphatic rings. The third-order valence-electron chi connectivity index (χ3n) is 4.48. The van der Waals surface area contributed by atoms with Crippen molar-refractivity contribution >= 4 is 0 Å². The Morgan fingerprint density at radius 3 is 2.79 bits per heavy atom. The summed E-state index contributed by atoms with van der Waals surface area (Å²) < 4.78 is 1.92. The average molecular weight is 265 g/mol.